The molecule has 1 heteroatoms. The van der Waals surface area contributed by atoms with Gasteiger partial charge >= 0.3 is 0 Å². The smallest absolute Gasteiger partial charge is 0.153 e. The molecule has 0 aromatic carbocycles. The van der Waals surface area contributed by atoms with Gasteiger partial charge in [0.05, 0.1) is 0 Å². The molecular formula is C6H7B. The molecule has 0 bridgehead atoms. The lowest BCUT2D eigenvalue weighted by Crippen LogP contribution is -1.98. The van der Waals surface area contributed by atoms with E-state index in [1.165, 1.54) is 6.42 Å². The monoisotopic (exact) mass is 90.1 g/mol. The molecule has 1 aliphatic rings. The Balaban J connectivity index is 2.47. The lowest BCUT2D eigenvalue weighted by molar-refractivity contribution is 1.24. The molecule has 0 saturated heterocycles. The number of rotatable bonds is 0. The fourth-order valence-electron chi connectivity index (χ4n) is 0.771. The summed E-state index contributed by atoms with van der Waals surface area (Å²) < 4.78 is 0. The molecule has 0 N–H and O–H groups in total. The number of allylic oxidation sites excluding steroid dienone is 1. The summed E-state index contributed by atoms with van der Waals surface area (Å²) in [6.07, 6.45) is 9.61. The van der Waals surface area contributed by atoms with E-state index >= 15 is 0 Å². The van der Waals surface area contributed by atoms with Gasteiger partial charge in [0.2, 0.25) is 0 Å². The molecule has 0 spiro atoms. The Kier molecular flexibility index (Phi) is 1.22. The van der Waals surface area contributed by atoms with E-state index in [4.69, 9.17) is 6.42 Å². The van der Waals surface area contributed by atoms with Gasteiger partial charge in [-0.2, -0.15) is 5.82 Å². The zero-order chi connectivity index (χ0) is 5.11. The van der Waals surface area contributed by atoms with E-state index in [2.05, 4.69) is 17.9 Å². The molecule has 0 radical (unpaired) electrons. The van der Waals surface area contributed by atoms with E-state index in [-0.39, 0.29) is 0 Å². The highest BCUT2D eigenvalue weighted by atomic mass is 13.8. The quantitative estimate of drug-likeness (QED) is 0.309. The number of hydrogen-bond acceptors (Lipinski definition) is 0. The summed E-state index contributed by atoms with van der Waals surface area (Å²) in [5.74, 6) is 4.77. The van der Waals surface area contributed by atoms with Crippen LogP contribution in [0.25, 0.3) is 0 Å². The van der Waals surface area contributed by atoms with Crippen LogP contribution in [0.1, 0.15) is 6.42 Å². The summed E-state index contributed by atoms with van der Waals surface area (Å²) in [6, 6.07) is 0. The molecule has 0 aliphatic carbocycles. The van der Waals surface area contributed by atoms with Crippen molar-refractivity contribution >= 4 is 6.71 Å². The maximum Gasteiger partial charge on any atom is 0.256 e. The van der Waals surface area contributed by atoms with Gasteiger partial charge in [0.25, 0.3) is 6.71 Å². The Morgan fingerprint density at radius 2 is 2.57 bits per heavy atom. The van der Waals surface area contributed by atoms with Gasteiger partial charge in [-0.3, -0.25) is 0 Å². The number of hydrogen-bond donors (Lipinski definition) is 0. The highest BCUT2D eigenvalue weighted by molar-refractivity contribution is 6.73. The van der Waals surface area contributed by atoms with Gasteiger partial charge in [-0.05, 0) is 6.42 Å². The molecule has 0 nitrogen and oxygen atoms in total. The topological polar surface area (TPSA) is 0 Å². The highest BCUT2D eigenvalue weighted by Gasteiger charge is 2.08. The molecule has 0 fully saturated rings. The third-order valence-electron chi connectivity index (χ3n) is 1.23. The molecule has 0 unspecified atom stereocenters. The maximum absolute atomic E-state index is 5.13. The predicted octanol–water partition coefficient (Wildman–Crippen LogP) is 1.15. The molecule has 1 rings (SSSR count). The molecular weight excluding hydrogens is 82.9 g/mol. The Bertz CT molecular complexity index is 119. The van der Waals surface area contributed by atoms with Crippen LogP contribution in [-0.2, 0) is 0 Å². The molecule has 0 atom stereocenters. The molecule has 0 aromatic rings. The van der Waals surface area contributed by atoms with E-state index in [1.54, 1.807) is 0 Å². The van der Waals surface area contributed by atoms with Gasteiger partial charge in [-0.15, -0.1) is 12.4 Å². The standard InChI is InChI=1S/C6H7B/c1-2-7-5-3-4-6-7/h1,3,5H,4,6H2. The van der Waals surface area contributed by atoms with E-state index in [0.29, 0.717) is 6.71 Å². The zero-order valence-corrected chi connectivity index (χ0v) is 4.22. The summed E-state index contributed by atoms with van der Waals surface area (Å²) in [7, 11) is 0. The SMILES string of the molecule is C#CB1C=CCC1. The van der Waals surface area contributed by atoms with Crippen molar-refractivity contribution in [2.45, 2.75) is 12.7 Å². The molecule has 34 valence electrons. The van der Waals surface area contributed by atoms with Crippen molar-refractivity contribution in [2.75, 3.05) is 0 Å². The first kappa shape index (κ1) is 4.52. The fourth-order valence-corrected chi connectivity index (χ4v) is 0.771. The maximum atomic E-state index is 5.13. The van der Waals surface area contributed by atoms with E-state index in [9.17, 15) is 0 Å². The predicted molar refractivity (Wildman–Crippen MR) is 33.2 cm³/mol. The van der Waals surface area contributed by atoms with Crippen molar-refractivity contribution in [1.82, 2.24) is 0 Å². The molecule has 1 aliphatic heterocycles. The summed E-state index contributed by atoms with van der Waals surface area (Å²) >= 11 is 0. The third-order valence-corrected chi connectivity index (χ3v) is 1.23. The van der Waals surface area contributed by atoms with Gasteiger partial charge < -0.3 is 0 Å². The first-order valence-electron chi connectivity index (χ1n) is 2.56. The zero-order valence-electron chi connectivity index (χ0n) is 4.22. The van der Waals surface area contributed by atoms with Gasteiger partial charge in [0.15, 0.2) is 0 Å². The minimum atomic E-state index is 0.444. The first-order chi connectivity index (χ1) is 3.43. The number of terminal acetylenes is 1. The van der Waals surface area contributed by atoms with Crippen LogP contribution in [0.4, 0.5) is 0 Å². The van der Waals surface area contributed by atoms with Crippen molar-refractivity contribution in [1.29, 1.82) is 0 Å². The summed E-state index contributed by atoms with van der Waals surface area (Å²) in [4.78, 5) is 0. The van der Waals surface area contributed by atoms with Crippen LogP contribution in [0.5, 0.6) is 0 Å². The molecule has 0 aromatic heterocycles. The van der Waals surface area contributed by atoms with Crippen LogP contribution in [-0.4, -0.2) is 6.71 Å². The minimum Gasteiger partial charge on any atom is -0.153 e. The van der Waals surface area contributed by atoms with Crippen LogP contribution >= 0.6 is 0 Å². The van der Waals surface area contributed by atoms with Crippen LogP contribution in [0, 0.1) is 12.2 Å². The Morgan fingerprint density at radius 3 is 2.86 bits per heavy atom. The van der Waals surface area contributed by atoms with Crippen LogP contribution in [0.15, 0.2) is 12.1 Å². The van der Waals surface area contributed by atoms with E-state index in [1.807, 2.05) is 0 Å². The Hall–Kier alpha value is -0.635. The molecule has 1 heterocycles. The largest absolute Gasteiger partial charge is 0.256 e. The average Bonchev–Trinajstić information content (AvgIpc) is 2.14. The Labute approximate surface area is 44.7 Å². The van der Waals surface area contributed by atoms with Crippen molar-refractivity contribution in [3.8, 4) is 12.2 Å². The van der Waals surface area contributed by atoms with Crippen LogP contribution < -0.4 is 0 Å². The lowest BCUT2D eigenvalue weighted by atomic mass is 9.51. The fraction of sp³-hybridized carbons (Fsp3) is 0.333. The van der Waals surface area contributed by atoms with Crippen LogP contribution in [0.3, 0.4) is 0 Å². The van der Waals surface area contributed by atoms with E-state index < -0.39 is 0 Å². The van der Waals surface area contributed by atoms with Crippen molar-refractivity contribution in [2.24, 2.45) is 0 Å². The Morgan fingerprint density at radius 1 is 1.71 bits per heavy atom. The highest BCUT2D eigenvalue weighted by Crippen LogP contribution is 2.06. The van der Waals surface area contributed by atoms with Gasteiger partial charge in [0.1, 0.15) is 0 Å². The van der Waals surface area contributed by atoms with Gasteiger partial charge in [0, 0.05) is 0 Å². The summed E-state index contributed by atoms with van der Waals surface area (Å²) in [5, 5.41) is 0. The normalized spacial score (nSPS) is 17.3. The molecule has 7 heavy (non-hydrogen) atoms. The van der Waals surface area contributed by atoms with Gasteiger partial charge in [-0.25, -0.2) is 0 Å². The summed E-state index contributed by atoms with van der Waals surface area (Å²) in [6.45, 7) is 0.444. The van der Waals surface area contributed by atoms with Crippen molar-refractivity contribution < 1.29 is 0 Å². The second kappa shape index (κ2) is 1.88. The summed E-state index contributed by atoms with van der Waals surface area (Å²) in [5.41, 5.74) is 0. The molecule has 0 amide bonds. The average molecular weight is 89.9 g/mol. The van der Waals surface area contributed by atoms with Crippen molar-refractivity contribution in [3.63, 3.8) is 0 Å². The second-order valence-corrected chi connectivity index (χ2v) is 1.78. The molecule has 0 saturated carbocycles. The van der Waals surface area contributed by atoms with E-state index in [0.717, 1.165) is 6.32 Å². The minimum absolute atomic E-state index is 0.444. The second-order valence-electron chi connectivity index (χ2n) is 1.78. The first-order valence-corrected chi connectivity index (χ1v) is 2.56. The van der Waals surface area contributed by atoms with Gasteiger partial charge in [-0.1, -0.05) is 12.4 Å². The lowest BCUT2D eigenvalue weighted by Gasteiger charge is -1.83. The third kappa shape index (κ3) is 0.868. The van der Waals surface area contributed by atoms with Crippen molar-refractivity contribution in [3.05, 3.63) is 12.1 Å². The van der Waals surface area contributed by atoms with Crippen LogP contribution in [0.2, 0.25) is 6.32 Å².